The van der Waals surface area contributed by atoms with Gasteiger partial charge in [-0.05, 0) is 18.1 Å². The van der Waals surface area contributed by atoms with Gasteiger partial charge in [-0.1, -0.05) is 29.8 Å². The zero-order valence-electron chi connectivity index (χ0n) is 12.3. The molecule has 1 aromatic heterocycles. The molecule has 0 aliphatic carbocycles. The number of aromatic nitrogens is 2. The largest absolute Gasteiger partial charge is 0.311 e. The molecule has 3 rings (SSSR count). The highest BCUT2D eigenvalue weighted by molar-refractivity contribution is 7.91. The summed E-state index contributed by atoms with van der Waals surface area (Å²) in [5, 5.41) is 7.58. The molecule has 1 aliphatic heterocycles. The number of carbonyl (C=O) groups is 1. The number of anilines is 1. The molecule has 1 atom stereocenters. The van der Waals surface area contributed by atoms with Crippen LogP contribution >= 0.6 is 11.6 Å². The summed E-state index contributed by atoms with van der Waals surface area (Å²) in [5.41, 5.74) is 0.886. The number of carbonyl (C=O) groups excluding carboxylic acids is 1. The Morgan fingerprint density at radius 1 is 1.35 bits per heavy atom. The lowest BCUT2D eigenvalue weighted by atomic mass is 10.1. The Hall–Kier alpha value is -1.86. The number of halogens is 1. The molecule has 1 amide bonds. The summed E-state index contributed by atoms with van der Waals surface area (Å²) in [6, 6.07) is 9.09. The molecule has 1 fully saturated rings. The van der Waals surface area contributed by atoms with Crippen LogP contribution in [0.5, 0.6) is 0 Å². The van der Waals surface area contributed by atoms with Crippen molar-refractivity contribution in [2.24, 2.45) is 5.92 Å². The van der Waals surface area contributed by atoms with E-state index in [2.05, 4.69) is 10.4 Å². The molecule has 8 heteroatoms. The van der Waals surface area contributed by atoms with E-state index in [1.165, 1.54) is 0 Å². The van der Waals surface area contributed by atoms with Crippen molar-refractivity contribution < 1.29 is 13.2 Å². The molecular formula is C15H16ClN3O3S. The van der Waals surface area contributed by atoms with Gasteiger partial charge in [-0.25, -0.2) is 13.1 Å². The summed E-state index contributed by atoms with van der Waals surface area (Å²) in [4.78, 5) is 12.2. The molecule has 1 saturated heterocycles. The highest BCUT2D eigenvalue weighted by atomic mass is 35.5. The van der Waals surface area contributed by atoms with Crippen LogP contribution < -0.4 is 5.32 Å². The zero-order chi connectivity index (χ0) is 16.4. The average molecular weight is 354 g/mol. The second-order valence-electron chi connectivity index (χ2n) is 5.55. The summed E-state index contributed by atoms with van der Waals surface area (Å²) in [5.74, 6) is -0.267. The average Bonchev–Trinajstić information content (AvgIpc) is 3.08. The number of benzene rings is 1. The lowest BCUT2D eigenvalue weighted by molar-refractivity contribution is -0.119. The predicted octanol–water partition coefficient (Wildman–Crippen LogP) is 1.96. The van der Waals surface area contributed by atoms with Crippen LogP contribution in [0.15, 0.2) is 36.5 Å². The van der Waals surface area contributed by atoms with Crippen molar-refractivity contribution in [1.29, 1.82) is 0 Å². The molecule has 0 unspecified atom stereocenters. The molecule has 0 saturated carbocycles. The minimum Gasteiger partial charge on any atom is -0.311 e. The number of hydrogen-bond acceptors (Lipinski definition) is 4. The van der Waals surface area contributed by atoms with Gasteiger partial charge in [-0.2, -0.15) is 5.10 Å². The van der Waals surface area contributed by atoms with E-state index in [1.54, 1.807) is 23.0 Å². The quantitative estimate of drug-likeness (QED) is 0.911. The monoisotopic (exact) mass is 353 g/mol. The number of sulfone groups is 1. The van der Waals surface area contributed by atoms with E-state index in [4.69, 9.17) is 11.6 Å². The fourth-order valence-electron chi connectivity index (χ4n) is 2.58. The van der Waals surface area contributed by atoms with Gasteiger partial charge in [-0.15, -0.1) is 0 Å². The Bertz CT molecular complexity index is 832. The van der Waals surface area contributed by atoms with Gasteiger partial charge in [0.25, 0.3) is 0 Å². The summed E-state index contributed by atoms with van der Waals surface area (Å²) in [6.45, 7) is 0.422. The van der Waals surface area contributed by atoms with Crippen LogP contribution in [0.3, 0.4) is 0 Å². The summed E-state index contributed by atoms with van der Waals surface area (Å²) in [7, 11) is -3.08. The van der Waals surface area contributed by atoms with Crippen molar-refractivity contribution in [1.82, 2.24) is 9.78 Å². The molecule has 6 nitrogen and oxygen atoms in total. The maximum Gasteiger partial charge on any atom is 0.229 e. The van der Waals surface area contributed by atoms with Crippen molar-refractivity contribution in [3.8, 4) is 0 Å². The van der Waals surface area contributed by atoms with Crippen LogP contribution in [0.4, 0.5) is 5.82 Å². The van der Waals surface area contributed by atoms with Crippen molar-refractivity contribution in [3.05, 3.63) is 47.1 Å². The Kier molecular flexibility index (Phi) is 4.41. The molecule has 2 aromatic rings. The molecule has 122 valence electrons. The number of nitrogens with zero attached hydrogens (tertiary/aromatic N) is 2. The van der Waals surface area contributed by atoms with E-state index in [0.717, 1.165) is 5.56 Å². The van der Waals surface area contributed by atoms with Crippen LogP contribution in [0.2, 0.25) is 5.02 Å². The summed E-state index contributed by atoms with van der Waals surface area (Å²) < 4.78 is 24.6. The van der Waals surface area contributed by atoms with E-state index in [0.29, 0.717) is 23.8 Å². The highest BCUT2D eigenvalue weighted by Crippen LogP contribution is 2.21. The predicted molar refractivity (Wildman–Crippen MR) is 88.2 cm³/mol. The van der Waals surface area contributed by atoms with E-state index < -0.39 is 15.8 Å². The van der Waals surface area contributed by atoms with Gasteiger partial charge < -0.3 is 5.32 Å². The SMILES string of the molecule is O=C(Nc1ccnn1Cc1ccccc1Cl)[C@H]1CCS(=O)(=O)C1. The van der Waals surface area contributed by atoms with Gasteiger partial charge in [0.05, 0.1) is 30.2 Å². The molecule has 0 spiro atoms. The smallest absolute Gasteiger partial charge is 0.229 e. The van der Waals surface area contributed by atoms with Gasteiger partial charge in [0.2, 0.25) is 5.91 Å². The van der Waals surface area contributed by atoms with Crippen LogP contribution in [0.25, 0.3) is 0 Å². The molecular weight excluding hydrogens is 338 g/mol. The van der Waals surface area contributed by atoms with E-state index in [1.807, 2.05) is 18.2 Å². The molecule has 23 heavy (non-hydrogen) atoms. The number of nitrogens with one attached hydrogen (secondary N) is 1. The Labute approximate surface area is 139 Å². The summed E-state index contributed by atoms with van der Waals surface area (Å²) >= 11 is 6.14. The van der Waals surface area contributed by atoms with Gasteiger partial charge in [0, 0.05) is 11.1 Å². The van der Waals surface area contributed by atoms with Crippen LogP contribution in [-0.4, -0.2) is 35.6 Å². The molecule has 1 aromatic carbocycles. The third kappa shape index (κ3) is 3.73. The molecule has 1 N–H and O–H groups in total. The van der Waals surface area contributed by atoms with Gasteiger partial charge in [0.1, 0.15) is 5.82 Å². The van der Waals surface area contributed by atoms with Crippen molar-refractivity contribution in [2.45, 2.75) is 13.0 Å². The molecule has 0 bridgehead atoms. The first-order chi connectivity index (χ1) is 10.9. The van der Waals surface area contributed by atoms with Crippen molar-refractivity contribution >= 4 is 33.2 Å². The Balaban J connectivity index is 1.72. The van der Waals surface area contributed by atoms with Crippen molar-refractivity contribution in [2.75, 3.05) is 16.8 Å². The van der Waals surface area contributed by atoms with Gasteiger partial charge in [-0.3, -0.25) is 4.79 Å². The van der Waals surface area contributed by atoms with Crippen molar-refractivity contribution in [3.63, 3.8) is 0 Å². The molecule has 0 radical (unpaired) electrons. The Morgan fingerprint density at radius 2 is 2.13 bits per heavy atom. The first kappa shape index (κ1) is 16.0. The third-order valence-corrected chi connectivity index (χ3v) is 5.99. The zero-order valence-corrected chi connectivity index (χ0v) is 13.8. The first-order valence-electron chi connectivity index (χ1n) is 7.21. The third-order valence-electron chi connectivity index (χ3n) is 3.85. The topological polar surface area (TPSA) is 81.1 Å². The van der Waals surface area contributed by atoms with Gasteiger partial charge >= 0.3 is 0 Å². The maximum atomic E-state index is 12.2. The fourth-order valence-corrected chi connectivity index (χ4v) is 4.52. The second-order valence-corrected chi connectivity index (χ2v) is 8.19. The minimum atomic E-state index is -3.08. The van der Waals surface area contributed by atoms with E-state index in [-0.39, 0.29) is 17.4 Å². The standard InChI is InChI=1S/C15H16ClN3O3S/c16-13-4-2-1-3-11(13)9-19-14(5-7-17-19)18-15(20)12-6-8-23(21,22)10-12/h1-5,7,12H,6,8-10H2,(H,18,20)/t12-/m0/s1. The van der Waals surface area contributed by atoms with Crippen LogP contribution in [-0.2, 0) is 21.2 Å². The van der Waals surface area contributed by atoms with Gasteiger partial charge in [0.15, 0.2) is 9.84 Å². The van der Waals surface area contributed by atoms with E-state index >= 15 is 0 Å². The van der Waals surface area contributed by atoms with Crippen LogP contribution in [0, 0.1) is 5.92 Å². The fraction of sp³-hybridized carbons (Fsp3) is 0.333. The molecule has 1 aliphatic rings. The summed E-state index contributed by atoms with van der Waals surface area (Å²) in [6.07, 6.45) is 1.95. The number of amides is 1. The second kappa shape index (κ2) is 6.33. The maximum absolute atomic E-state index is 12.2. The number of hydrogen-bond donors (Lipinski definition) is 1. The minimum absolute atomic E-state index is 0.0734. The number of rotatable bonds is 4. The van der Waals surface area contributed by atoms with Crippen LogP contribution in [0.1, 0.15) is 12.0 Å². The highest BCUT2D eigenvalue weighted by Gasteiger charge is 2.33. The molecule has 2 heterocycles. The normalized spacial score (nSPS) is 19.6. The lowest BCUT2D eigenvalue weighted by Gasteiger charge is -2.12. The Morgan fingerprint density at radius 3 is 2.83 bits per heavy atom. The first-order valence-corrected chi connectivity index (χ1v) is 9.41. The van der Waals surface area contributed by atoms with E-state index in [9.17, 15) is 13.2 Å². The lowest BCUT2D eigenvalue weighted by Crippen LogP contribution is -2.25.